The molecule has 37 heavy (non-hydrogen) atoms. The van der Waals surface area contributed by atoms with Crippen LogP contribution < -0.4 is 21.7 Å². The molecule has 13 heteroatoms. The molecule has 0 atom stereocenters. The van der Waals surface area contributed by atoms with E-state index in [1.165, 1.54) is 12.4 Å². The summed E-state index contributed by atoms with van der Waals surface area (Å²) in [6.07, 6.45) is 5.01. The van der Waals surface area contributed by atoms with Gasteiger partial charge in [-0.3, -0.25) is 19.6 Å². The molecule has 10 nitrogen and oxygen atoms in total. The summed E-state index contributed by atoms with van der Waals surface area (Å²) in [7, 11) is 3.60. The molecule has 1 aromatic heterocycles. The third-order valence-electron chi connectivity index (χ3n) is 5.65. The normalized spacial score (nSPS) is 11.0. The zero-order chi connectivity index (χ0) is 26.8. The first-order chi connectivity index (χ1) is 17.8. The number of hydroxylamine groups is 2. The Morgan fingerprint density at radius 2 is 1.95 bits per heavy atom. The highest BCUT2D eigenvalue weighted by atomic mass is 35.5. The predicted octanol–water partition coefficient (Wildman–Crippen LogP) is 2.50. The highest BCUT2D eigenvalue weighted by molar-refractivity contribution is 6.37. The number of unbranched alkanes of at least 4 members (excludes halogenated alkanes) is 3. The number of carbonyl (C=O) groups excluding carboxylic acids is 2. The number of imidazole rings is 1. The molecule has 0 fully saturated rings. The molecule has 0 spiro atoms. The summed E-state index contributed by atoms with van der Waals surface area (Å²) in [6.45, 7) is 0.870. The molecule has 0 unspecified atom stereocenters. The molecular formula is C24H30BClFN5O5. The Labute approximate surface area is 219 Å². The average Bonchev–Trinajstić information content (AvgIpc) is 3.25. The van der Waals surface area contributed by atoms with Gasteiger partial charge in [0.2, 0.25) is 5.91 Å². The highest BCUT2D eigenvalue weighted by Crippen LogP contribution is 2.32. The zero-order valence-corrected chi connectivity index (χ0v) is 21.5. The maximum absolute atomic E-state index is 15.4. The van der Waals surface area contributed by atoms with E-state index in [1.807, 2.05) is 13.9 Å². The van der Waals surface area contributed by atoms with E-state index < -0.39 is 11.7 Å². The lowest BCUT2D eigenvalue weighted by Gasteiger charge is -2.15. The lowest BCUT2D eigenvalue weighted by atomic mass is 9.96. The van der Waals surface area contributed by atoms with Gasteiger partial charge in [-0.05, 0) is 31.0 Å². The molecule has 0 saturated carbocycles. The van der Waals surface area contributed by atoms with E-state index in [0.29, 0.717) is 29.3 Å². The molecule has 3 rings (SSSR count). The Morgan fingerprint density at radius 3 is 2.70 bits per heavy atom. The molecule has 0 radical (unpaired) electrons. The number of aromatic nitrogens is 2. The summed E-state index contributed by atoms with van der Waals surface area (Å²) >= 11 is 6.32. The van der Waals surface area contributed by atoms with Crippen LogP contribution in [0.25, 0.3) is 11.0 Å². The monoisotopic (exact) mass is 533 g/mol. The van der Waals surface area contributed by atoms with Crippen LogP contribution in [0.3, 0.4) is 0 Å². The van der Waals surface area contributed by atoms with Gasteiger partial charge in [-0.1, -0.05) is 36.0 Å². The first kappa shape index (κ1) is 28.4. The minimum absolute atomic E-state index is 0.0287. The Kier molecular flexibility index (Phi) is 10.7. The average molecular weight is 534 g/mol. The molecule has 0 bridgehead atoms. The van der Waals surface area contributed by atoms with E-state index in [9.17, 15) is 9.59 Å². The molecule has 198 valence electrons. The van der Waals surface area contributed by atoms with Gasteiger partial charge in [-0.15, -0.1) is 0 Å². The van der Waals surface area contributed by atoms with Crippen molar-refractivity contribution in [3.8, 4) is 0 Å². The largest absolute Gasteiger partial charge is 0.379 e. The van der Waals surface area contributed by atoms with Crippen LogP contribution in [0, 0.1) is 5.82 Å². The number of aryl methyl sites for hydroxylation is 1. The Morgan fingerprint density at radius 1 is 1.16 bits per heavy atom. The molecule has 3 aromatic rings. The second-order valence-corrected chi connectivity index (χ2v) is 8.94. The number of amides is 2. The fourth-order valence-corrected chi connectivity index (χ4v) is 3.94. The molecule has 1 heterocycles. The second-order valence-electron chi connectivity index (χ2n) is 8.54. The van der Waals surface area contributed by atoms with E-state index in [2.05, 4.69) is 15.8 Å². The van der Waals surface area contributed by atoms with Gasteiger partial charge in [-0.2, -0.15) is 0 Å². The van der Waals surface area contributed by atoms with Crippen molar-refractivity contribution < 1.29 is 28.8 Å². The van der Waals surface area contributed by atoms with E-state index in [4.69, 9.17) is 26.4 Å². The molecular weight excluding hydrogens is 504 g/mol. The molecule has 0 aliphatic rings. The number of benzene rings is 2. The summed E-state index contributed by atoms with van der Waals surface area (Å²) in [6, 6.07) is 6.81. The van der Waals surface area contributed by atoms with E-state index in [-0.39, 0.29) is 42.3 Å². The van der Waals surface area contributed by atoms with Crippen LogP contribution in [0.15, 0.2) is 30.6 Å². The standard InChI is InChI=1S/C24H30BClFN5O5/c1-32-14-28-23-19(32)13-16(22(21(23)27)29-18-8-7-15(25)12-17(18)26)24(34)31-37-11-10-36-9-5-3-2-4-6-20(33)30-35/h7-8,12-14,29,35H,2-6,9-11,25H2,1H3,(H,30,33)(H,31,34). The molecule has 2 aromatic carbocycles. The minimum atomic E-state index is -0.680. The van der Waals surface area contributed by atoms with Gasteiger partial charge in [0.25, 0.3) is 5.91 Å². The van der Waals surface area contributed by atoms with Crippen LogP contribution >= 0.6 is 11.6 Å². The highest BCUT2D eigenvalue weighted by Gasteiger charge is 2.22. The number of fused-ring (bicyclic) bond motifs is 1. The quantitative estimate of drug-likeness (QED) is 0.109. The summed E-state index contributed by atoms with van der Waals surface area (Å²) in [4.78, 5) is 33.2. The summed E-state index contributed by atoms with van der Waals surface area (Å²) in [5.74, 6) is -1.71. The van der Waals surface area contributed by atoms with Gasteiger partial charge in [0.1, 0.15) is 13.4 Å². The minimum Gasteiger partial charge on any atom is -0.379 e. The topological polar surface area (TPSA) is 127 Å². The fraction of sp³-hybridized carbons (Fsp3) is 0.375. The predicted molar refractivity (Wildman–Crippen MR) is 141 cm³/mol. The SMILES string of the molecule is Bc1ccc(Nc2c(C(=O)NOCCOCCCCCCC(=O)NO)cc3c(ncn3C)c2F)c(Cl)c1. The van der Waals surface area contributed by atoms with Gasteiger partial charge < -0.3 is 14.6 Å². The van der Waals surface area contributed by atoms with Gasteiger partial charge in [0.05, 0.1) is 47.0 Å². The Hall–Kier alpha value is -3.19. The fourth-order valence-electron chi connectivity index (χ4n) is 3.66. The van der Waals surface area contributed by atoms with Crippen molar-refractivity contribution in [3.05, 3.63) is 47.0 Å². The van der Waals surface area contributed by atoms with E-state index >= 15 is 4.39 Å². The van der Waals surface area contributed by atoms with Gasteiger partial charge in [0.15, 0.2) is 5.82 Å². The van der Waals surface area contributed by atoms with Crippen molar-refractivity contribution in [1.29, 1.82) is 0 Å². The number of anilines is 2. The first-order valence-corrected chi connectivity index (χ1v) is 12.3. The summed E-state index contributed by atoms with van der Waals surface area (Å²) in [5.41, 5.74) is 5.87. The van der Waals surface area contributed by atoms with Crippen LogP contribution in [0.1, 0.15) is 42.5 Å². The summed E-state index contributed by atoms with van der Waals surface area (Å²) < 4.78 is 22.5. The molecule has 0 aliphatic carbocycles. The van der Waals surface area contributed by atoms with Crippen molar-refractivity contribution in [1.82, 2.24) is 20.5 Å². The number of hydrogen-bond acceptors (Lipinski definition) is 7. The molecule has 2 amide bonds. The molecule has 4 N–H and O–H groups in total. The van der Waals surface area contributed by atoms with Crippen LogP contribution in [0.2, 0.25) is 5.02 Å². The van der Waals surface area contributed by atoms with Crippen molar-refractivity contribution in [2.24, 2.45) is 7.05 Å². The number of hydrogen-bond donors (Lipinski definition) is 4. The summed E-state index contributed by atoms with van der Waals surface area (Å²) in [5, 5.41) is 11.8. The molecule has 0 aliphatic heterocycles. The van der Waals surface area contributed by atoms with Crippen LogP contribution in [0.4, 0.5) is 15.8 Å². The van der Waals surface area contributed by atoms with Gasteiger partial charge >= 0.3 is 0 Å². The van der Waals surface area contributed by atoms with Crippen LogP contribution in [0.5, 0.6) is 0 Å². The molecule has 0 saturated heterocycles. The number of ether oxygens (including phenoxy) is 1. The van der Waals surface area contributed by atoms with E-state index in [0.717, 1.165) is 24.7 Å². The van der Waals surface area contributed by atoms with Gasteiger partial charge in [-0.25, -0.2) is 20.3 Å². The van der Waals surface area contributed by atoms with Gasteiger partial charge in [0, 0.05) is 20.1 Å². The van der Waals surface area contributed by atoms with Crippen molar-refractivity contribution in [2.75, 3.05) is 25.1 Å². The van der Waals surface area contributed by atoms with Crippen LogP contribution in [-0.2, 0) is 21.4 Å². The van der Waals surface area contributed by atoms with Crippen LogP contribution in [-0.4, -0.2) is 54.2 Å². The maximum atomic E-state index is 15.4. The number of nitrogens with one attached hydrogen (secondary N) is 3. The van der Waals surface area contributed by atoms with Crippen molar-refractivity contribution >= 4 is 59.1 Å². The smallest absolute Gasteiger partial charge is 0.277 e. The maximum Gasteiger partial charge on any atom is 0.277 e. The number of nitrogens with zero attached hydrogens (tertiary/aromatic N) is 2. The zero-order valence-electron chi connectivity index (χ0n) is 20.8. The third kappa shape index (κ3) is 7.90. The Bertz CT molecular complexity index is 1240. The number of carbonyl (C=O) groups is 2. The van der Waals surface area contributed by atoms with Crippen molar-refractivity contribution in [3.63, 3.8) is 0 Å². The van der Waals surface area contributed by atoms with Crippen molar-refractivity contribution in [2.45, 2.75) is 32.1 Å². The Balaban J connectivity index is 1.54. The number of rotatable bonds is 14. The lowest BCUT2D eigenvalue weighted by molar-refractivity contribution is -0.129. The second kappa shape index (κ2) is 13.9. The first-order valence-electron chi connectivity index (χ1n) is 11.9. The lowest BCUT2D eigenvalue weighted by Crippen LogP contribution is -2.26. The third-order valence-corrected chi connectivity index (χ3v) is 5.96. The number of halogens is 2. The van der Waals surface area contributed by atoms with E-state index in [1.54, 1.807) is 29.2 Å².